The Labute approximate surface area is 110 Å². The number of carbonyl (C=O) groups excluding carboxylic acids is 1. The second-order valence-electron chi connectivity index (χ2n) is 4.04. The molecule has 0 atom stereocenters. The van der Waals surface area contributed by atoms with E-state index in [9.17, 15) is 4.79 Å². The first kappa shape index (κ1) is 12.7. The number of furan rings is 1. The van der Waals surface area contributed by atoms with E-state index in [1.54, 1.807) is 24.5 Å². The van der Waals surface area contributed by atoms with Gasteiger partial charge in [0.05, 0.1) is 17.5 Å². The molecule has 5 nitrogen and oxygen atoms in total. The van der Waals surface area contributed by atoms with Gasteiger partial charge in [0, 0.05) is 18.5 Å². The standard InChI is InChI=1S/C14H13N3O2/c15-9-10-8-11(16)3-5-13(10)17-14(18)6-4-12-2-1-7-19-12/h1-3,5,7-8H,4,6,16H2,(H,17,18). The maximum absolute atomic E-state index is 11.8. The zero-order chi connectivity index (χ0) is 13.7. The van der Waals surface area contributed by atoms with E-state index in [0.717, 1.165) is 5.76 Å². The molecule has 1 aromatic carbocycles. The van der Waals surface area contributed by atoms with Gasteiger partial charge in [-0.05, 0) is 30.3 Å². The molecule has 1 heterocycles. The van der Waals surface area contributed by atoms with Crippen LogP contribution in [0.3, 0.4) is 0 Å². The highest BCUT2D eigenvalue weighted by Crippen LogP contribution is 2.18. The third-order valence-corrected chi connectivity index (χ3v) is 2.62. The highest BCUT2D eigenvalue weighted by Gasteiger charge is 2.08. The fourth-order valence-electron chi connectivity index (χ4n) is 1.67. The highest BCUT2D eigenvalue weighted by atomic mass is 16.3. The van der Waals surface area contributed by atoms with Crippen LogP contribution in [0, 0.1) is 11.3 Å². The molecular formula is C14H13N3O2. The summed E-state index contributed by atoms with van der Waals surface area (Å²) in [7, 11) is 0. The number of nitrogen functional groups attached to an aromatic ring is 1. The van der Waals surface area contributed by atoms with Crippen LogP contribution in [0.15, 0.2) is 41.0 Å². The molecule has 2 aromatic rings. The van der Waals surface area contributed by atoms with Crippen LogP contribution in [0.25, 0.3) is 0 Å². The molecule has 0 spiro atoms. The van der Waals surface area contributed by atoms with E-state index >= 15 is 0 Å². The number of nitriles is 1. The Kier molecular flexibility index (Phi) is 3.84. The van der Waals surface area contributed by atoms with E-state index in [1.807, 2.05) is 12.1 Å². The lowest BCUT2D eigenvalue weighted by molar-refractivity contribution is -0.116. The molecule has 1 aromatic heterocycles. The average Bonchev–Trinajstić information content (AvgIpc) is 2.91. The largest absolute Gasteiger partial charge is 0.469 e. The summed E-state index contributed by atoms with van der Waals surface area (Å²) in [6.07, 6.45) is 2.39. The summed E-state index contributed by atoms with van der Waals surface area (Å²) in [4.78, 5) is 11.8. The first-order chi connectivity index (χ1) is 9.19. The first-order valence-electron chi connectivity index (χ1n) is 5.81. The van der Waals surface area contributed by atoms with Gasteiger partial charge in [0.25, 0.3) is 0 Å². The highest BCUT2D eigenvalue weighted by molar-refractivity contribution is 5.92. The second kappa shape index (κ2) is 5.74. The quantitative estimate of drug-likeness (QED) is 0.820. The fraction of sp³-hybridized carbons (Fsp3) is 0.143. The predicted molar refractivity (Wildman–Crippen MR) is 71.2 cm³/mol. The van der Waals surface area contributed by atoms with Crippen molar-refractivity contribution in [3.8, 4) is 6.07 Å². The number of anilines is 2. The van der Waals surface area contributed by atoms with Crippen LogP contribution < -0.4 is 11.1 Å². The van der Waals surface area contributed by atoms with Crippen molar-refractivity contribution in [2.75, 3.05) is 11.1 Å². The van der Waals surface area contributed by atoms with E-state index in [4.69, 9.17) is 15.4 Å². The fourth-order valence-corrected chi connectivity index (χ4v) is 1.67. The maximum Gasteiger partial charge on any atom is 0.224 e. The molecule has 0 radical (unpaired) electrons. The van der Waals surface area contributed by atoms with Gasteiger partial charge in [0.2, 0.25) is 5.91 Å². The molecule has 1 amide bonds. The first-order valence-corrected chi connectivity index (χ1v) is 5.81. The molecule has 5 heteroatoms. The maximum atomic E-state index is 11.8. The lowest BCUT2D eigenvalue weighted by Crippen LogP contribution is -2.13. The molecule has 96 valence electrons. The number of benzene rings is 1. The summed E-state index contributed by atoms with van der Waals surface area (Å²) < 4.78 is 5.15. The minimum Gasteiger partial charge on any atom is -0.469 e. The Morgan fingerprint density at radius 1 is 1.42 bits per heavy atom. The Balaban J connectivity index is 1.97. The molecule has 0 fully saturated rings. The van der Waals surface area contributed by atoms with Crippen molar-refractivity contribution in [2.45, 2.75) is 12.8 Å². The number of rotatable bonds is 4. The van der Waals surface area contributed by atoms with Crippen molar-refractivity contribution < 1.29 is 9.21 Å². The molecule has 0 aliphatic carbocycles. The number of hydrogen-bond acceptors (Lipinski definition) is 4. The minimum atomic E-state index is -0.169. The van der Waals surface area contributed by atoms with Crippen molar-refractivity contribution in [1.29, 1.82) is 5.26 Å². The van der Waals surface area contributed by atoms with Crippen LogP contribution in [0.4, 0.5) is 11.4 Å². The summed E-state index contributed by atoms with van der Waals surface area (Å²) in [6.45, 7) is 0. The van der Waals surface area contributed by atoms with Crippen molar-refractivity contribution in [1.82, 2.24) is 0 Å². The summed E-state index contributed by atoms with van der Waals surface area (Å²) >= 11 is 0. The van der Waals surface area contributed by atoms with Crippen LogP contribution in [-0.2, 0) is 11.2 Å². The molecule has 0 saturated carbocycles. The minimum absolute atomic E-state index is 0.169. The molecule has 0 saturated heterocycles. The van der Waals surface area contributed by atoms with Gasteiger partial charge in [-0.15, -0.1) is 0 Å². The number of nitrogens with two attached hydrogens (primary N) is 1. The molecule has 19 heavy (non-hydrogen) atoms. The van der Waals surface area contributed by atoms with Gasteiger partial charge < -0.3 is 15.5 Å². The Morgan fingerprint density at radius 3 is 2.95 bits per heavy atom. The Morgan fingerprint density at radius 2 is 2.26 bits per heavy atom. The van der Waals surface area contributed by atoms with Crippen molar-refractivity contribution in [2.24, 2.45) is 0 Å². The molecule has 0 aliphatic heterocycles. The monoisotopic (exact) mass is 255 g/mol. The van der Waals surface area contributed by atoms with Gasteiger partial charge in [-0.25, -0.2) is 0 Å². The summed E-state index contributed by atoms with van der Waals surface area (Å²) in [5.74, 6) is 0.589. The van der Waals surface area contributed by atoms with Crippen LogP contribution in [-0.4, -0.2) is 5.91 Å². The van der Waals surface area contributed by atoms with Crippen molar-refractivity contribution in [3.63, 3.8) is 0 Å². The number of carbonyl (C=O) groups is 1. The normalized spacial score (nSPS) is 9.84. The zero-order valence-corrected chi connectivity index (χ0v) is 10.2. The molecule has 3 N–H and O–H groups in total. The van der Waals surface area contributed by atoms with Crippen molar-refractivity contribution in [3.05, 3.63) is 47.9 Å². The molecule has 0 bridgehead atoms. The lowest BCUT2D eigenvalue weighted by atomic mass is 10.1. The van der Waals surface area contributed by atoms with E-state index in [-0.39, 0.29) is 5.91 Å². The van der Waals surface area contributed by atoms with Crippen LogP contribution in [0.1, 0.15) is 17.7 Å². The Hall–Kier alpha value is -2.74. The molecule has 0 unspecified atom stereocenters. The smallest absolute Gasteiger partial charge is 0.224 e. The van der Waals surface area contributed by atoms with Crippen LogP contribution in [0.2, 0.25) is 0 Å². The van der Waals surface area contributed by atoms with E-state index < -0.39 is 0 Å². The third kappa shape index (κ3) is 3.36. The predicted octanol–water partition coefficient (Wildman–Crippen LogP) is 2.30. The van der Waals surface area contributed by atoms with E-state index in [2.05, 4.69) is 5.32 Å². The molecule has 2 rings (SSSR count). The molecular weight excluding hydrogens is 242 g/mol. The topological polar surface area (TPSA) is 92.0 Å². The number of nitrogens with one attached hydrogen (secondary N) is 1. The number of aryl methyl sites for hydroxylation is 1. The summed E-state index contributed by atoms with van der Waals surface area (Å²) in [5, 5.41) is 11.7. The summed E-state index contributed by atoms with van der Waals surface area (Å²) in [5.41, 5.74) is 6.90. The lowest BCUT2D eigenvalue weighted by Gasteiger charge is -2.07. The van der Waals surface area contributed by atoms with Crippen LogP contribution >= 0.6 is 0 Å². The number of hydrogen-bond donors (Lipinski definition) is 2. The van der Waals surface area contributed by atoms with E-state index in [1.165, 1.54) is 6.07 Å². The Bertz CT molecular complexity index is 612. The third-order valence-electron chi connectivity index (χ3n) is 2.62. The van der Waals surface area contributed by atoms with Gasteiger partial charge in [-0.2, -0.15) is 5.26 Å². The summed E-state index contributed by atoms with van der Waals surface area (Å²) in [6, 6.07) is 10.4. The zero-order valence-electron chi connectivity index (χ0n) is 10.2. The van der Waals surface area contributed by atoms with Crippen LogP contribution in [0.5, 0.6) is 0 Å². The SMILES string of the molecule is N#Cc1cc(N)ccc1NC(=O)CCc1ccco1. The second-order valence-corrected chi connectivity index (χ2v) is 4.04. The number of nitrogens with zero attached hydrogens (tertiary/aromatic N) is 1. The van der Waals surface area contributed by atoms with Gasteiger partial charge in [-0.3, -0.25) is 4.79 Å². The van der Waals surface area contributed by atoms with Crippen molar-refractivity contribution >= 4 is 17.3 Å². The van der Waals surface area contributed by atoms with Gasteiger partial charge in [-0.1, -0.05) is 0 Å². The van der Waals surface area contributed by atoms with E-state index in [0.29, 0.717) is 29.8 Å². The van der Waals surface area contributed by atoms with Gasteiger partial charge in [0.15, 0.2) is 0 Å². The average molecular weight is 255 g/mol. The number of amides is 1. The van der Waals surface area contributed by atoms with Gasteiger partial charge in [0.1, 0.15) is 11.8 Å². The van der Waals surface area contributed by atoms with Gasteiger partial charge >= 0.3 is 0 Å². The molecule has 0 aliphatic rings.